The summed E-state index contributed by atoms with van der Waals surface area (Å²) in [7, 11) is 7.03. The van der Waals surface area contributed by atoms with Gasteiger partial charge in [0.2, 0.25) is 0 Å². The van der Waals surface area contributed by atoms with E-state index in [-0.39, 0.29) is 11.4 Å². The highest BCUT2D eigenvalue weighted by Crippen LogP contribution is 2.20. The van der Waals surface area contributed by atoms with Crippen LogP contribution in [0.15, 0.2) is 12.1 Å². The normalized spacial score (nSPS) is 14.9. The van der Waals surface area contributed by atoms with Gasteiger partial charge in [-0.15, -0.1) is 0 Å². The highest BCUT2D eigenvalue weighted by Gasteiger charge is 2.24. The Bertz CT molecular complexity index is 391. The van der Waals surface area contributed by atoms with Crippen LogP contribution in [-0.4, -0.2) is 25.7 Å². The third-order valence-electron chi connectivity index (χ3n) is 2.21. The first-order valence-corrected chi connectivity index (χ1v) is 3.93. The van der Waals surface area contributed by atoms with Crippen molar-refractivity contribution in [2.75, 3.05) is 7.05 Å². The van der Waals surface area contributed by atoms with Crippen LogP contribution in [0.5, 0.6) is 0 Å². The van der Waals surface area contributed by atoms with E-state index in [1.54, 1.807) is 7.05 Å². The van der Waals surface area contributed by atoms with Crippen molar-refractivity contribution in [3.8, 4) is 0 Å². The standard InChI is InChI=1S/C9H7BFNO/c1-12-4-5-2-8(11)7(10)3-6(5)9(12)13/h2-3H,4H2,1H3. The Morgan fingerprint density at radius 3 is 2.92 bits per heavy atom. The van der Waals surface area contributed by atoms with E-state index in [2.05, 4.69) is 0 Å². The van der Waals surface area contributed by atoms with Crippen molar-refractivity contribution >= 4 is 19.2 Å². The summed E-state index contributed by atoms with van der Waals surface area (Å²) in [6.45, 7) is 0.464. The monoisotopic (exact) mass is 175 g/mol. The Morgan fingerprint density at radius 1 is 1.54 bits per heavy atom. The van der Waals surface area contributed by atoms with Crippen LogP contribution < -0.4 is 5.46 Å². The van der Waals surface area contributed by atoms with Crippen molar-refractivity contribution in [1.29, 1.82) is 0 Å². The minimum Gasteiger partial charge on any atom is -0.337 e. The van der Waals surface area contributed by atoms with E-state index in [0.29, 0.717) is 17.7 Å². The minimum atomic E-state index is -0.457. The van der Waals surface area contributed by atoms with E-state index in [0.717, 1.165) is 0 Å². The molecule has 0 aliphatic carbocycles. The largest absolute Gasteiger partial charge is 0.337 e. The SMILES string of the molecule is [B]c1cc2c(cc1F)CN(C)C2=O. The van der Waals surface area contributed by atoms with Gasteiger partial charge in [0, 0.05) is 19.2 Å². The predicted molar refractivity (Wildman–Crippen MR) is 47.6 cm³/mol. The lowest BCUT2D eigenvalue weighted by Gasteiger charge is -2.04. The zero-order valence-electron chi connectivity index (χ0n) is 7.17. The van der Waals surface area contributed by atoms with Crippen LogP contribution in [0.2, 0.25) is 0 Å². The Balaban J connectivity index is 2.59. The molecule has 13 heavy (non-hydrogen) atoms. The van der Waals surface area contributed by atoms with Crippen molar-refractivity contribution < 1.29 is 9.18 Å². The quantitative estimate of drug-likeness (QED) is 0.516. The lowest BCUT2D eigenvalue weighted by atomic mass is 9.92. The summed E-state index contributed by atoms with van der Waals surface area (Å²) in [6.07, 6.45) is 0. The molecule has 1 aliphatic heterocycles. The maximum absolute atomic E-state index is 13.0. The molecule has 0 spiro atoms. The third kappa shape index (κ3) is 1.13. The number of halogens is 1. The number of rotatable bonds is 0. The van der Waals surface area contributed by atoms with Gasteiger partial charge in [-0.3, -0.25) is 4.79 Å². The highest BCUT2D eigenvalue weighted by atomic mass is 19.1. The number of nitrogens with zero attached hydrogens (tertiary/aromatic N) is 1. The first-order chi connectivity index (χ1) is 6.09. The fraction of sp³-hybridized carbons (Fsp3) is 0.222. The van der Waals surface area contributed by atoms with Crippen molar-refractivity contribution in [1.82, 2.24) is 4.90 Å². The smallest absolute Gasteiger partial charge is 0.254 e. The Hall–Kier alpha value is -1.32. The summed E-state index contributed by atoms with van der Waals surface area (Å²) < 4.78 is 13.0. The molecule has 4 heteroatoms. The number of carbonyl (C=O) groups is 1. The highest BCUT2D eigenvalue weighted by molar-refractivity contribution is 6.33. The molecule has 0 fully saturated rings. The number of amides is 1. The second-order valence-corrected chi connectivity index (χ2v) is 3.19. The number of hydrogen-bond donors (Lipinski definition) is 0. The van der Waals surface area contributed by atoms with E-state index in [1.807, 2.05) is 0 Å². The van der Waals surface area contributed by atoms with Gasteiger partial charge >= 0.3 is 0 Å². The first-order valence-electron chi connectivity index (χ1n) is 3.93. The van der Waals surface area contributed by atoms with Crippen molar-refractivity contribution in [2.24, 2.45) is 0 Å². The van der Waals surface area contributed by atoms with Crippen LogP contribution in [0.4, 0.5) is 4.39 Å². The summed E-state index contributed by atoms with van der Waals surface area (Å²) >= 11 is 0. The van der Waals surface area contributed by atoms with E-state index >= 15 is 0 Å². The average Bonchev–Trinajstić information content (AvgIpc) is 2.32. The van der Waals surface area contributed by atoms with Crippen LogP contribution in [-0.2, 0) is 6.54 Å². The molecule has 1 heterocycles. The molecular weight excluding hydrogens is 168 g/mol. The van der Waals surface area contributed by atoms with Gasteiger partial charge < -0.3 is 4.90 Å². The lowest BCUT2D eigenvalue weighted by Crippen LogP contribution is -2.18. The summed E-state index contributed by atoms with van der Waals surface area (Å²) in [5.41, 5.74) is 1.25. The second-order valence-electron chi connectivity index (χ2n) is 3.19. The molecule has 0 atom stereocenters. The summed E-state index contributed by atoms with van der Waals surface area (Å²) in [4.78, 5) is 12.9. The molecule has 0 aromatic heterocycles. The van der Waals surface area contributed by atoms with Gasteiger partial charge in [0.15, 0.2) is 0 Å². The van der Waals surface area contributed by atoms with Gasteiger partial charge in [0.25, 0.3) is 5.91 Å². The Kier molecular flexibility index (Phi) is 1.65. The molecule has 0 saturated heterocycles. The molecule has 2 radical (unpaired) electrons. The number of hydrogen-bond acceptors (Lipinski definition) is 1. The van der Waals surface area contributed by atoms with Crippen molar-refractivity contribution in [3.05, 3.63) is 29.1 Å². The van der Waals surface area contributed by atoms with Gasteiger partial charge in [-0.05, 0) is 11.6 Å². The molecule has 0 N–H and O–H groups in total. The van der Waals surface area contributed by atoms with E-state index in [1.165, 1.54) is 17.0 Å². The maximum Gasteiger partial charge on any atom is 0.254 e. The topological polar surface area (TPSA) is 20.3 Å². The van der Waals surface area contributed by atoms with Crippen LogP contribution in [0, 0.1) is 5.82 Å². The molecule has 2 rings (SSSR count). The van der Waals surface area contributed by atoms with Crippen LogP contribution >= 0.6 is 0 Å². The Labute approximate surface area is 76.8 Å². The molecule has 64 valence electrons. The van der Waals surface area contributed by atoms with Gasteiger partial charge in [0.05, 0.1) is 0 Å². The zero-order valence-corrected chi connectivity index (χ0v) is 7.17. The fourth-order valence-electron chi connectivity index (χ4n) is 1.49. The molecule has 1 aromatic rings. The Morgan fingerprint density at radius 2 is 2.23 bits per heavy atom. The second kappa shape index (κ2) is 2.59. The number of benzene rings is 1. The number of fused-ring (bicyclic) bond motifs is 1. The summed E-state index contributed by atoms with van der Waals surface area (Å²) in [6, 6.07) is 2.72. The zero-order chi connectivity index (χ0) is 9.59. The van der Waals surface area contributed by atoms with Gasteiger partial charge in [-0.2, -0.15) is 0 Å². The number of carbonyl (C=O) groups excluding carboxylic acids is 1. The summed E-state index contributed by atoms with van der Waals surface area (Å²) in [5, 5.41) is 0. The van der Waals surface area contributed by atoms with Crippen molar-refractivity contribution in [2.45, 2.75) is 6.54 Å². The third-order valence-corrected chi connectivity index (χ3v) is 2.21. The molecule has 1 amide bonds. The molecule has 0 saturated carbocycles. The van der Waals surface area contributed by atoms with E-state index in [9.17, 15) is 9.18 Å². The van der Waals surface area contributed by atoms with E-state index < -0.39 is 5.82 Å². The molecule has 0 unspecified atom stereocenters. The predicted octanol–water partition coefficient (Wildman–Crippen LogP) is 0.205. The van der Waals surface area contributed by atoms with Gasteiger partial charge in [-0.1, -0.05) is 11.5 Å². The maximum atomic E-state index is 13.0. The molecule has 2 nitrogen and oxygen atoms in total. The van der Waals surface area contributed by atoms with Gasteiger partial charge in [-0.25, -0.2) is 4.39 Å². The first kappa shape index (κ1) is 8.29. The lowest BCUT2D eigenvalue weighted by molar-refractivity contribution is 0.0816. The van der Waals surface area contributed by atoms with E-state index in [4.69, 9.17) is 7.85 Å². The fourth-order valence-corrected chi connectivity index (χ4v) is 1.49. The van der Waals surface area contributed by atoms with Crippen LogP contribution in [0.25, 0.3) is 0 Å². The molecule has 0 bridgehead atoms. The molecular formula is C9H7BFNO. The average molecular weight is 175 g/mol. The minimum absolute atomic E-state index is 0.0300. The van der Waals surface area contributed by atoms with Crippen LogP contribution in [0.3, 0.4) is 0 Å². The van der Waals surface area contributed by atoms with Gasteiger partial charge in [0.1, 0.15) is 13.7 Å². The molecule has 1 aliphatic rings. The molecule has 1 aromatic carbocycles. The summed E-state index contributed by atoms with van der Waals surface area (Å²) in [5.74, 6) is -0.552. The van der Waals surface area contributed by atoms with Crippen LogP contribution in [0.1, 0.15) is 15.9 Å². The van der Waals surface area contributed by atoms with Crippen molar-refractivity contribution in [3.63, 3.8) is 0 Å².